The minimum absolute atomic E-state index is 0.105. The highest BCUT2D eigenvalue weighted by atomic mass is 16.5. The third-order valence-corrected chi connectivity index (χ3v) is 3.71. The van der Waals surface area contributed by atoms with E-state index in [0.717, 1.165) is 11.1 Å². The second-order valence-corrected chi connectivity index (χ2v) is 5.40. The first-order valence-corrected chi connectivity index (χ1v) is 7.57. The Bertz CT molecular complexity index is 658. The van der Waals surface area contributed by atoms with Crippen molar-refractivity contribution >= 4 is 5.97 Å². The number of methoxy groups -OCH3 is 1. The minimum Gasteiger partial charge on any atom is -0.508 e. The first-order chi connectivity index (χ1) is 10.9. The SMILES string of the molecule is CC.COC(=O)c1cc(C(C)(C)c2ccc(O)cc2)ccc1O. The number of benzene rings is 2. The Morgan fingerprint density at radius 3 is 2.00 bits per heavy atom. The van der Waals surface area contributed by atoms with E-state index in [0.29, 0.717) is 0 Å². The van der Waals surface area contributed by atoms with Gasteiger partial charge < -0.3 is 14.9 Å². The molecule has 0 aliphatic heterocycles. The van der Waals surface area contributed by atoms with Crippen LogP contribution >= 0.6 is 0 Å². The molecule has 0 radical (unpaired) electrons. The minimum atomic E-state index is -0.573. The molecule has 0 saturated carbocycles. The lowest BCUT2D eigenvalue weighted by Gasteiger charge is -2.26. The number of hydrogen-bond acceptors (Lipinski definition) is 4. The fourth-order valence-electron chi connectivity index (χ4n) is 2.24. The summed E-state index contributed by atoms with van der Waals surface area (Å²) >= 11 is 0. The van der Waals surface area contributed by atoms with Gasteiger partial charge in [-0.2, -0.15) is 0 Å². The van der Waals surface area contributed by atoms with Crippen LogP contribution in [0, 0.1) is 0 Å². The lowest BCUT2D eigenvalue weighted by Crippen LogP contribution is -2.19. The van der Waals surface area contributed by atoms with E-state index in [1.807, 2.05) is 39.8 Å². The second kappa shape index (κ2) is 7.68. The van der Waals surface area contributed by atoms with E-state index in [1.165, 1.54) is 13.2 Å². The lowest BCUT2D eigenvalue weighted by molar-refractivity contribution is 0.0597. The number of esters is 1. The third kappa shape index (κ3) is 4.03. The van der Waals surface area contributed by atoms with Gasteiger partial charge in [-0.15, -0.1) is 0 Å². The van der Waals surface area contributed by atoms with E-state index >= 15 is 0 Å². The van der Waals surface area contributed by atoms with Crippen molar-refractivity contribution in [2.24, 2.45) is 0 Å². The predicted octanol–water partition coefficient (Wildman–Crippen LogP) is 4.24. The average Bonchev–Trinajstić information content (AvgIpc) is 2.56. The number of carbonyl (C=O) groups is 1. The number of ether oxygens (including phenoxy) is 1. The van der Waals surface area contributed by atoms with Crippen LogP contribution in [-0.2, 0) is 10.2 Å². The number of phenolic OH excluding ortho intramolecular Hbond substituents is 2. The molecule has 0 aromatic heterocycles. The number of hydrogen-bond donors (Lipinski definition) is 2. The van der Waals surface area contributed by atoms with Crippen molar-refractivity contribution in [1.29, 1.82) is 0 Å². The van der Waals surface area contributed by atoms with Gasteiger partial charge in [-0.1, -0.05) is 45.9 Å². The van der Waals surface area contributed by atoms with E-state index < -0.39 is 5.97 Å². The normalized spacial score (nSPS) is 10.5. The number of phenols is 2. The molecular formula is C19H24O4. The quantitative estimate of drug-likeness (QED) is 0.831. The maximum absolute atomic E-state index is 11.7. The molecule has 0 saturated heterocycles. The molecule has 124 valence electrons. The molecule has 2 N–H and O–H groups in total. The van der Waals surface area contributed by atoms with E-state index in [4.69, 9.17) is 0 Å². The first-order valence-electron chi connectivity index (χ1n) is 7.57. The van der Waals surface area contributed by atoms with Gasteiger partial charge in [0.2, 0.25) is 0 Å². The fourth-order valence-corrected chi connectivity index (χ4v) is 2.24. The molecule has 0 amide bonds. The summed E-state index contributed by atoms with van der Waals surface area (Å²) in [7, 11) is 1.28. The first kappa shape index (κ1) is 18.6. The molecule has 0 heterocycles. The molecule has 0 unspecified atom stereocenters. The van der Waals surface area contributed by atoms with Gasteiger partial charge in [0.1, 0.15) is 17.1 Å². The number of aromatic hydroxyl groups is 2. The summed E-state index contributed by atoms with van der Waals surface area (Å²) in [6, 6.07) is 11.8. The zero-order chi connectivity index (χ0) is 17.6. The molecule has 2 aromatic rings. The van der Waals surface area contributed by atoms with Gasteiger partial charge >= 0.3 is 5.97 Å². The summed E-state index contributed by atoms with van der Waals surface area (Å²) in [5.74, 6) is -0.474. The molecular weight excluding hydrogens is 292 g/mol. The van der Waals surface area contributed by atoms with Crippen LogP contribution in [0.15, 0.2) is 42.5 Å². The maximum atomic E-state index is 11.7. The zero-order valence-electron chi connectivity index (χ0n) is 14.3. The Hall–Kier alpha value is -2.49. The Morgan fingerprint density at radius 2 is 1.48 bits per heavy atom. The van der Waals surface area contributed by atoms with Gasteiger partial charge in [-0.05, 0) is 35.4 Å². The molecule has 2 rings (SSSR count). The maximum Gasteiger partial charge on any atom is 0.341 e. The van der Waals surface area contributed by atoms with Crippen molar-refractivity contribution in [3.05, 3.63) is 59.2 Å². The Balaban J connectivity index is 0.00000127. The topological polar surface area (TPSA) is 66.8 Å². The van der Waals surface area contributed by atoms with Crippen LogP contribution in [-0.4, -0.2) is 23.3 Å². The fraction of sp³-hybridized carbons (Fsp3) is 0.316. The van der Waals surface area contributed by atoms with E-state index in [-0.39, 0.29) is 22.5 Å². The second-order valence-electron chi connectivity index (χ2n) is 5.40. The van der Waals surface area contributed by atoms with Crippen LogP contribution in [0.3, 0.4) is 0 Å². The number of rotatable bonds is 3. The molecule has 0 aliphatic rings. The van der Waals surface area contributed by atoms with Gasteiger partial charge in [0.25, 0.3) is 0 Å². The molecule has 4 heteroatoms. The summed E-state index contributed by atoms with van der Waals surface area (Å²) in [6.07, 6.45) is 0. The largest absolute Gasteiger partial charge is 0.508 e. The smallest absolute Gasteiger partial charge is 0.341 e. The van der Waals surface area contributed by atoms with Crippen LogP contribution in [0.2, 0.25) is 0 Å². The Labute approximate surface area is 137 Å². The highest BCUT2D eigenvalue weighted by molar-refractivity contribution is 5.92. The molecule has 4 nitrogen and oxygen atoms in total. The van der Waals surface area contributed by atoms with Crippen molar-refractivity contribution < 1.29 is 19.7 Å². The van der Waals surface area contributed by atoms with Crippen molar-refractivity contribution in [2.75, 3.05) is 7.11 Å². The summed E-state index contributed by atoms with van der Waals surface area (Å²) in [4.78, 5) is 11.7. The van der Waals surface area contributed by atoms with Gasteiger partial charge in [0.15, 0.2) is 0 Å². The van der Waals surface area contributed by atoms with Crippen molar-refractivity contribution in [3.8, 4) is 11.5 Å². The Morgan fingerprint density at radius 1 is 0.957 bits per heavy atom. The van der Waals surface area contributed by atoms with Crippen LogP contribution in [0.25, 0.3) is 0 Å². The van der Waals surface area contributed by atoms with Gasteiger partial charge in [-0.3, -0.25) is 0 Å². The number of carbonyl (C=O) groups excluding carboxylic acids is 1. The third-order valence-electron chi connectivity index (χ3n) is 3.71. The molecule has 0 spiro atoms. The summed E-state index contributed by atoms with van der Waals surface area (Å²) in [5, 5.41) is 19.2. The Kier molecular flexibility index (Phi) is 6.19. The van der Waals surface area contributed by atoms with Crippen molar-refractivity contribution in [2.45, 2.75) is 33.1 Å². The highest BCUT2D eigenvalue weighted by Crippen LogP contribution is 2.34. The molecule has 23 heavy (non-hydrogen) atoms. The summed E-state index contributed by atoms with van der Waals surface area (Å²) in [6.45, 7) is 8.01. The summed E-state index contributed by atoms with van der Waals surface area (Å²) in [5.41, 5.74) is 1.61. The van der Waals surface area contributed by atoms with Gasteiger partial charge in [0.05, 0.1) is 7.11 Å². The van der Waals surface area contributed by atoms with E-state index in [2.05, 4.69) is 4.74 Å². The van der Waals surface area contributed by atoms with Crippen LogP contribution < -0.4 is 0 Å². The zero-order valence-corrected chi connectivity index (χ0v) is 14.3. The van der Waals surface area contributed by atoms with E-state index in [9.17, 15) is 15.0 Å². The van der Waals surface area contributed by atoms with Gasteiger partial charge in [-0.25, -0.2) is 4.79 Å². The highest BCUT2D eigenvalue weighted by Gasteiger charge is 2.25. The molecule has 2 aromatic carbocycles. The predicted molar refractivity (Wildman–Crippen MR) is 91.0 cm³/mol. The van der Waals surface area contributed by atoms with Crippen molar-refractivity contribution in [3.63, 3.8) is 0 Å². The summed E-state index contributed by atoms with van der Waals surface area (Å²) < 4.78 is 4.67. The molecule has 0 atom stereocenters. The molecule has 0 bridgehead atoms. The monoisotopic (exact) mass is 316 g/mol. The molecule has 0 fully saturated rings. The van der Waals surface area contributed by atoms with Crippen LogP contribution in [0.5, 0.6) is 11.5 Å². The average molecular weight is 316 g/mol. The van der Waals surface area contributed by atoms with Gasteiger partial charge in [0, 0.05) is 5.41 Å². The van der Waals surface area contributed by atoms with Crippen LogP contribution in [0.4, 0.5) is 0 Å². The van der Waals surface area contributed by atoms with Crippen molar-refractivity contribution in [1.82, 2.24) is 0 Å². The standard InChI is InChI=1S/C17H18O4.C2H6/c1-17(2,11-4-7-13(18)8-5-11)12-6-9-15(19)14(10-12)16(20)21-3;1-2/h4-10,18-19H,1-3H3;1-2H3. The van der Waals surface area contributed by atoms with E-state index in [1.54, 1.807) is 24.3 Å². The molecule has 0 aliphatic carbocycles. The van der Waals surface area contributed by atoms with Crippen LogP contribution in [0.1, 0.15) is 49.2 Å². The lowest BCUT2D eigenvalue weighted by atomic mass is 9.77.